The molecule has 7 heavy (non-hydrogen) atoms. The Bertz CT molecular complexity index is 70.2. The van der Waals surface area contributed by atoms with Crippen molar-refractivity contribution in [2.75, 3.05) is 0 Å². The summed E-state index contributed by atoms with van der Waals surface area (Å²) in [6, 6.07) is 0. The van der Waals surface area contributed by atoms with Crippen molar-refractivity contribution in [1.29, 1.82) is 0 Å². The molecule has 1 aliphatic rings. The van der Waals surface area contributed by atoms with Crippen LogP contribution in [-0.4, -0.2) is 0 Å². The minimum atomic E-state index is 0. The Kier molecular flexibility index (Phi) is 4.75. The molecular formula is C6H7Zr-. The van der Waals surface area contributed by atoms with E-state index in [9.17, 15) is 0 Å². The van der Waals surface area contributed by atoms with Crippen molar-refractivity contribution in [2.24, 2.45) is 0 Å². The molecule has 0 nitrogen and oxygen atoms in total. The second-order valence-electron chi connectivity index (χ2n) is 1.34. The van der Waals surface area contributed by atoms with E-state index in [1.165, 1.54) is 6.42 Å². The molecule has 1 aliphatic carbocycles. The summed E-state index contributed by atoms with van der Waals surface area (Å²) in [7, 11) is 0. The molecule has 0 atom stereocenters. The average molecular weight is 170 g/mol. The SMILES string of the molecule is [C-]1=CC=CCC1.[Zr]. The third kappa shape index (κ3) is 2.99. The van der Waals surface area contributed by atoms with E-state index in [1.807, 2.05) is 12.2 Å². The Morgan fingerprint density at radius 1 is 1.43 bits per heavy atom. The summed E-state index contributed by atoms with van der Waals surface area (Å²) in [5, 5.41) is 0. The summed E-state index contributed by atoms with van der Waals surface area (Å²) in [5.74, 6) is 0. The molecule has 0 aromatic carbocycles. The van der Waals surface area contributed by atoms with E-state index in [0.717, 1.165) is 6.42 Å². The zero-order chi connectivity index (χ0) is 4.24. The maximum atomic E-state index is 3.07. The van der Waals surface area contributed by atoms with Crippen molar-refractivity contribution in [3.63, 3.8) is 0 Å². The Balaban J connectivity index is 0.000000360. The van der Waals surface area contributed by atoms with Crippen molar-refractivity contribution in [3.8, 4) is 0 Å². The minimum absolute atomic E-state index is 0. The van der Waals surface area contributed by atoms with Crippen molar-refractivity contribution >= 4 is 0 Å². The van der Waals surface area contributed by atoms with Crippen LogP contribution in [0.3, 0.4) is 0 Å². The van der Waals surface area contributed by atoms with Crippen LogP contribution in [0.2, 0.25) is 0 Å². The molecule has 0 saturated heterocycles. The van der Waals surface area contributed by atoms with E-state index in [1.54, 1.807) is 0 Å². The van der Waals surface area contributed by atoms with Crippen molar-refractivity contribution in [2.45, 2.75) is 12.8 Å². The van der Waals surface area contributed by atoms with Gasteiger partial charge in [0.25, 0.3) is 0 Å². The van der Waals surface area contributed by atoms with Gasteiger partial charge < -0.3 is 0 Å². The minimum Gasteiger partial charge on any atom is -0.275 e. The van der Waals surface area contributed by atoms with Gasteiger partial charge in [-0.2, -0.15) is 6.08 Å². The average Bonchev–Trinajstić information content (AvgIpc) is 1.72. The van der Waals surface area contributed by atoms with Gasteiger partial charge in [-0.1, -0.05) is 6.42 Å². The van der Waals surface area contributed by atoms with Crippen LogP contribution in [-0.2, 0) is 26.2 Å². The first-order valence-electron chi connectivity index (χ1n) is 2.22. The summed E-state index contributed by atoms with van der Waals surface area (Å²) in [6.45, 7) is 0. The van der Waals surface area contributed by atoms with Gasteiger partial charge in [0.05, 0.1) is 0 Å². The van der Waals surface area contributed by atoms with Gasteiger partial charge in [0.15, 0.2) is 0 Å². The van der Waals surface area contributed by atoms with Gasteiger partial charge in [-0.3, -0.25) is 6.08 Å². The number of rotatable bonds is 0. The Hall–Kier alpha value is 0.363. The standard InChI is InChI=1S/C6H7.Zr/c1-2-4-6-5-3-1;/h1-3H,4,6H2;/q-1;. The van der Waals surface area contributed by atoms with E-state index < -0.39 is 0 Å². The van der Waals surface area contributed by atoms with E-state index in [4.69, 9.17) is 0 Å². The van der Waals surface area contributed by atoms with Gasteiger partial charge >= 0.3 is 0 Å². The molecule has 1 rings (SSSR count). The Morgan fingerprint density at radius 3 is 2.43 bits per heavy atom. The molecule has 0 spiro atoms. The van der Waals surface area contributed by atoms with Gasteiger partial charge in [0, 0.05) is 26.2 Å². The first-order valence-corrected chi connectivity index (χ1v) is 2.22. The number of allylic oxidation sites excluding steroid dienone is 4. The summed E-state index contributed by atoms with van der Waals surface area (Å²) in [5.41, 5.74) is 0. The van der Waals surface area contributed by atoms with Gasteiger partial charge in [-0.05, 0) is 0 Å². The van der Waals surface area contributed by atoms with Crippen LogP contribution in [0.15, 0.2) is 18.2 Å². The first kappa shape index (κ1) is 7.36. The van der Waals surface area contributed by atoms with E-state index >= 15 is 0 Å². The van der Waals surface area contributed by atoms with Crippen LogP contribution in [0, 0.1) is 6.08 Å². The maximum Gasteiger partial charge on any atom is 0 e. The van der Waals surface area contributed by atoms with Crippen molar-refractivity contribution < 1.29 is 26.2 Å². The normalized spacial score (nSPS) is 16.0. The van der Waals surface area contributed by atoms with Gasteiger partial charge in [-0.25, -0.2) is 12.2 Å². The summed E-state index contributed by atoms with van der Waals surface area (Å²) in [6.07, 6.45) is 11.5. The summed E-state index contributed by atoms with van der Waals surface area (Å²) in [4.78, 5) is 0. The number of hydrogen-bond acceptors (Lipinski definition) is 0. The molecule has 36 valence electrons. The smallest absolute Gasteiger partial charge is 0 e. The quantitative estimate of drug-likeness (QED) is 0.485. The van der Waals surface area contributed by atoms with E-state index in [2.05, 4.69) is 12.2 Å². The molecule has 0 saturated carbocycles. The van der Waals surface area contributed by atoms with Crippen LogP contribution in [0.1, 0.15) is 12.8 Å². The van der Waals surface area contributed by atoms with Crippen molar-refractivity contribution in [1.82, 2.24) is 0 Å². The third-order valence-corrected chi connectivity index (χ3v) is 0.806. The number of hydrogen-bond donors (Lipinski definition) is 0. The molecule has 0 radical (unpaired) electrons. The fourth-order valence-corrected chi connectivity index (χ4v) is 0.482. The van der Waals surface area contributed by atoms with E-state index in [-0.39, 0.29) is 26.2 Å². The van der Waals surface area contributed by atoms with Crippen LogP contribution >= 0.6 is 0 Å². The summed E-state index contributed by atoms with van der Waals surface area (Å²) < 4.78 is 0. The predicted octanol–water partition coefficient (Wildman–Crippen LogP) is 1.69. The molecule has 0 aromatic heterocycles. The molecule has 0 heterocycles. The molecule has 0 unspecified atom stereocenters. The van der Waals surface area contributed by atoms with E-state index in [0.29, 0.717) is 0 Å². The molecule has 0 amide bonds. The molecule has 0 bridgehead atoms. The monoisotopic (exact) mass is 169 g/mol. The third-order valence-electron chi connectivity index (χ3n) is 0.806. The predicted molar refractivity (Wildman–Crippen MR) is 26.2 cm³/mol. The first-order chi connectivity index (χ1) is 3.00. The fourth-order valence-electron chi connectivity index (χ4n) is 0.482. The fraction of sp³-hybridized carbons (Fsp3) is 0.333. The zero-order valence-electron chi connectivity index (χ0n) is 4.15. The molecule has 0 aromatic rings. The van der Waals surface area contributed by atoms with Gasteiger partial charge in [-0.15, -0.1) is 6.42 Å². The topological polar surface area (TPSA) is 0 Å². The van der Waals surface area contributed by atoms with Gasteiger partial charge in [0.1, 0.15) is 0 Å². The molecular weight excluding hydrogens is 163 g/mol. The maximum absolute atomic E-state index is 3.07. The molecule has 0 N–H and O–H groups in total. The summed E-state index contributed by atoms with van der Waals surface area (Å²) >= 11 is 0. The van der Waals surface area contributed by atoms with Gasteiger partial charge in [0.2, 0.25) is 0 Å². The van der Waals surface area contributed by atoms with Crippen LogP contribution < -0.4 is 0 Å². The largest absolute Gasteiger partial charge is 0.275 e. The Labute approximate surface area is 63.4 Å². The van der Waals surface area contributed by atoms with Crippen molar-refractivity contribution in [3.05, 3.63) is 24.3 Å². The molecule has 0 fully saturated rings. The molecule has 0 aliphatic heterocycles. The van der Waals surface area contributed by atoms with Crippen LogP contribution in [0.25, 0.3) is 0 Å². The van der Waals surface area contributed by atoms with Crippen LogP contribution in [0.4, 0.5) is 0 Å². The second kappa shape index (κ2) is 4.52. The van der Waals surface area contributed by atoms with Crippen LogP contribution in [0.5, 0.6) is 0 Å². The Morgan fingerprint density at radius 2 is 2.29 bits per heavy atom. The zero-order valence-corrected chi connectivity index (χ0v) is 6.60. The second-order valence-corrected chi connectivity index (χ2v) is 1.34. The molecule has 1 heteroatoms.